The van der Waals surface area contributed by atoms with Crippen molar-refractivity contribution in [2.45, 2.75) is 20.0 Å². The van der Waals surface area contributed by atoms with E-state index in [9.17, 15) is 9.50 Å². The molecule has 114 valence electrons. The van der Waals surface area contributed by atoms with Crippen LogP contribution in [0.15, 0.2) is 24.4 Å². The number of H-pyrrole nitrogens is 1. The van der Waals surface area contributed by atoms with Gasteiger partial charge in [-0.2, -0.15) is 0 Å². The number of ether oxygens (including phenoxy) is 1. The Kier molecular flexibility index (Phi) is 5.30. The van der Waals surface area contributed by atoms with Gasteiger partial charge in [0.25, 0.3) is 0 Å². The number of hydrogen-bond donors (Lipinski definition) is 2. The number of benzene rings is 1. The van der Waals surface area contributed by atoms with E-state index in [-0.39, 0.29) is 12.4 Å². The van der Waals surface area contributed by atoms with E-state index in [0.717, 1.165) is 17.1 Å². The van der Waals surface area contributed by atoms with Gasteiger partial charge in [-0.3, -0.25) is 4.90 Å². The Morgan fingerprint density at radius 1 is 1.38 bits per heavy atom. The number of aryl methyl sites for hydroxylation is 1. The maximum absolute atomic E-state index is 13.2. The van der Waals surface area contributed by atoms with Gasteiger partial charge in [0.2, 0.25) is 0 Å². The highest BCUT2D eigenvalue weighted by molar-refractivity contribution is 5.33. The van der Waals surface area contributed by atoms with Crippen LogP contribution >= 0.6 is 0 Å². The number of aliphatic hydroxyl groups is 1. The molecule has 0 atom stereocenters. The molecule has 0 radical (unpaired) electrons. The second-order valence-corrected chi connectivity index (χ2v) is 4.88. The summed E-state index contributed by atoms with van der Waals surface area (Å²) in [7, 11) is 1.52. The van der Waals surface area contributed by atoms with Crippen molar-refractivity contribution in [2.75, 3.05) is 20.3 Å². The fourth-order valence-corrected chi connectivity index (χ4v) is 2.24. The molecule has 0 aliphatic rings. The van der Waals surface area contributed by atoms with Crippen LogP contribution in [0.25, 0.3) is 0 Å². The Morgan fingerprint density at radius 2 is 2.19 bits per heavy atom. The third-order valence-corrected chi connectivity index (χ3v) is 3.21. The van der Waals surface area contributed by atoms with Gasteiger partial charge in [0.15, 0.2) is 0 Å². The number of nitrogens with zero attached hydrogens (tertiary/aromatic N) is 2. The van der Waals surface area contributed by atoms with E-state index in [0.29, 0.717) is 25.4 Å². The van der Waals surface area contributed by atoms with Gasteiger partial charge in [-0.25, -0.2) is 9.37 Å². The van der Waals surface area contributed by atoms with Crippen molar-refractivity contribution in [3.05, 3.63) is 47.3 Å². The molecular weight excluding hydrogens is 273 g/mol. The molecule has 1 heterocycles. The zero-order chi connectivity index (χ0) is 15.2. The lowest BCUT2D eigenvalue weighted by molar-refractivity contribution is 0.181. The molecule has 0 saturated heterocycles. The number of nitrogens with one attached hydrogen (secondary N) is 1. The summed E-state index contributed by atoms with van der Waals surface area (Å²) in [6.07, 6.45) is 1.78. The number of halogens is 1. The van der Waals surface area contributed by atoms with Gasteiger partial charge < -0.3 is 14.8 Å². The minimum absolute atomic E-state index is 0.0522. The lowest BCUT2D eigenvalue weighted by atomic mass is 10.1. The fraction of sp³-hybridized carbons (Fsp3) is 0.400. The van der Waals surface area contributed by atoms with Crippen LogP contribution < -0.4 is 4.74 Å². The molecule has 6 heteroatoms. The summed E-state index contributed by atoms with van der Waals surface area (Å²) in [5.41, 5.74) is 1.85. The van der Waals surface area contributed by atoms with Crippen LogP contribution in [0.1, 0.15) is 17.1 Å². The minimum atomic E-state index is -0.325. The van der Waals surface area contributed by atoms with Crippen molar-refractivity contribution in [3.8, 4) is 5.75 Å². The van der Waals surface area contributed by atoms with Crippen LogP contribution in [0.3, 0.4) is 0 Å². The maximum Gasteiger partial charge on any atom is 0.126 e. The summed E-state index contributed by atoms with van der Waals surface area (Å²) in [4.78, 5) is 9.37. The van der Waals surface area contributed by atoms with Crippen LogP contribution in [0, 0.1) is 12.7 Å². The third-order valence-electron chi connectivity index (χ3n) is 3.21. The predicted octanol–water partition coefficient (Wildman–Crippen LogP) is 1.86. The maximum atomic E-state index is 13.2. The SMILES string of the molecule is COc1cc(F)ccc1CN(CCO)Cc1cnc(C)[nH]1. The normalized spacial score (nSPS) is 11.1. The van der Waals surface area contributed by atoms with Crippen molar-refractivity contribution >= 4 is 0 Å². The van der Waals surface area contributed by atoms with E-state index in [1.807, 2.05) is 11.8 Å². The Balaban J connectivity index is 2.12. The van der Waals surface area contributed by atoms with Crippen LogP contribution in [-0.4, -0.2) is 40.2 Å². The predicted molar refractivity (Wildman–Crippen MR) is 77.5 cm³/mol. The number of aromatic nitrogens is 2. The number of rotatable bonds is 7. The first kappa shape index (κ1) is 15.5. The molecule has 2 rings (SSSR count). The summed E-state index contributed by atoms with van der Waals surface area (Å²) in [6.45, 7) is 3.64. The van der Waals surface area contributed by atoms with Gasteiger partial charge in [0, 0.05) is 43.2 Å². The molecule has 5 nitrogen and oxygen atoms in total. The second-order valence-electron chi connectivity index (χ2n) is 4.88. The molecule has 0 bridgehead atoms. The number of imidazole rings is 1. The lowest BCUT2D eigenvalue weighted by Gasteiger charge is -2.21. The van der Waals surface area contributed by atoms with Crippen LogP contribution in [0.4, 0.5) is 4.39 Å². The molecule has 0 fully saturated rings. The van der Waals surface area contributed by atoms with Gasteiger partial charge in [0.05, 0.1) is 13.7 Å². The van der Waals surface area contributed by atoms with Gasteiger partial charge >= 0.3 is 0 Å². The Hall–Kier alpha value is -1.92. The van der Waals surface area contributed by atoms with Crippen molar-refractivity contribution in [2.24, 2.45) is 0 Å². The molecule has 0 amide bonds. The summed E-state index contributed by atoms with van der Waals surface area (Å²) in [5, 5.41) is 9.21. The zero-order valence-corrected chi connectivity index (χ0v) is 12.3. The first-order valence-electron chi connectivity index (χ1n) is 6.78. The monoisotopic (exact) mass is 293 g/mol. The Bertz CT molecular complexity index is 586. The van der Waals surface area contributed by atoms with Crippen LogP contribution in [-0.2, 0) is 13.1 Å². The van der Waals surface area contributed by atoms with Gasteiger partial charge in [-0.15, -0.1) is 0 Å². The molecule has 0 saturated carbocycles. The average Bonchev–Trinajstić information content (AvgIpc) is 2.86. The van der Waals surface area contributed by atoms with E-state index < -0.39 is 0 Å². The largest absolute Gasteiger partial charge is 0.496 e. The molecule has 2 aromatic rings. The Morgan fingerprint density at radius 3 is 2.81 bits per heavy atom. The molecule has 0 spiro atoms. The van der Waals surface area contributed by atoms with Gasteiger partial charge in [0.1, 0.15) is 17.4 Å². The summed E-state index contributed by atoms with van der Waals surface area (Å²) < 4.78 is 18.4. The smallest absolute Gasteiger partial charge is 0.126 e. The Labute approximate surface area is 123 Å². The van der Waals surface area contributed by atoms with E-state index >= 15 is 0 Å². The molecule has 0 aliphatic carbocycles. The summed E-state index contributed by atoms with van der Waals surface area (Å²) in [6, 6.07) is 4.48. The number of aromatic amines is 1. The highest BCUT2D eigenvalue weighted by Gasteiger charge is 2.12. The molecule has 0 unspecified atom stereocenters. The number of aliphatic hydroxyl groups excluding tert-OH is 1. The van der Waals surface area contributed by atoms with Crippen molar-refractivity contribution in [1.82, 2.24) is 14.9 Å². The fourth-order valence-electron chi connectivity index (χ4n) is 2.24. The van der Waals surface area contributed by atoms with Crippen LogP contribution in [0.2, 0.25) is 0 Å². The number of methoxy groups -OCH3 is 1. The summed E-state index contributed by atoms with van der Waals surface area (Å²) in [5.74, 6) is 1.04. The summed E-state index contributed by atoms with van der Waals surface area (Å²) >= 11 is 0. The van der Waals surface area contributed by atoms with E-state index in [1.54, 1.807) is 12.3 Å². The number of hydrogen-bond acceptors (Lipinski definition) is 4. The first-order chi connectivity index (χ1) is 10.1. The molecule has 2 N–H and O–H groups in total. The molecular formula is C15H20FN3O2. The van der Waals surface area contributed by atoms with Crippen LogP contribution in [0.5, 0.6) is 5.75 Å². The van der Waals surface area contributed by atoms with Crippen molar-refractivity contribution in [1.29, 1.82) is 0 Å². The topological polar surface area (TPSA) is 61.4 Å². The highest BCUT2D eigenvalue weighted by atomic mass is 19.1. The zero-order valence-electron chi connectivity index (χ0n) is 12.3. The standard InChI is InChI=1S/C15H20FN3O2/c1-11-17-8-14(18-11)10-19(5-6-20)9-12-3-4-13(16)7-15(12)21-2/h3-4,7-8,20H,5-6,9-10H2,1-2H3,(H,17,18). The third kappa shape index (κ3) is 4.27. The highest BCUT2D eigenvalue weighted by Crippen LogP contribution is 2.21. The lowest BCUT2D eigenvalue weighted by Crippen LogP contribution is -2.26. The first-order valence-corrected chi connectivity index (χ1v) is 6.78. The quantitative estimate of drug-likeness (QED) is 0.818. The van der Waals surface area contributed by atoms with E-state index in [4.69, 9.17) is 4.74 Å². The van der Waals surface area contributed by atoms with Crippen molar-refractivity contribution in [3.63, 3.8) is 0 Å². The molecule has 1 aromatic carbocycles. The minimum Gasteiger partial charge on any atom is -0.496 e. The molecule has 0 aliphatic heterocycles. The van der Waals surface area contributed by atoms with E-state index in [2.05, 4.69) is 9.97 Å². The van der Waals surface area contributed by atoms with Crippen molar-refractivity contribution < 1.29 is 14.2 Å². The molecule has 21 heavy (non-hydrogen) atoms. The van der Waals surface area contributed by atoms with E-state index in [1.165, 1.54) is 19.2 Å². The molecule has 1 aromatic heterocycles. The van der Waals surface area contributed by atoms with Gasteiger partial charge in [-0.1, -0.05) is 6.07 Å². The average molecular weight is 293 g/mol. The second kappa shape index (κ2) is 7.19. The van der Waals surface area contributed by atoms with Gasteiger partial charge in [-0.05, 0) is 13.0 Å².